The van der Waals surface area contributed by atoms with E-state index in [9.17, 15) is 4.79 Å². The summed E-state index contributed by atoms with van der Waals surface area (Å²) in [6.07, 6.45) is 8.12. The summed E-state index contributed by atoms with van der Waals surface area (Å²) in [7, 11) is 4.03. The van der Waals surface area contributed by atoms with Gasteiger partial charge in [-0.25, -0.2) is 15.0 Å². The SMILES string of the molecule is CN1CCCC(CC(=O)c2cc3cc(Nc4nccc(-c5cn(C)cn5)n4)cc(Cl)c3[nH]2)C1. The first-order valence-electron chi connectivity index (χ1n) is 11.1. The third-order valence-electron chi connectivity index (χ3n) is 6.06. The number of aryl methyl sites for hydroxylation is 1. The van der Waals surface area contributed by atoms with Crippen LogP contribution in [-0.2, 0) is 7.05 Å². The Labute approximate surface area is 197 Å². The van der Waals surface area contributed by atoms with Crippen LogP contribution >= 0.6 is 11.6 Å². The van der Waals surface area contributed by atoms with E-state index in [-0.39, 0.29) is 5.78 Å². The third kappa shape index (κ3) is 4.77. The number of aromatic nitrogens is 5. The standard InChI is InChI=1S/C24H26ClN7O/c1-31-7-3-4-15(12-31)8-22(33)20-10-16-9-17(11-18(25)23(16)29-20)28-24-26-6-5-19(30-24)21-13-32(2)14-27-21/h5-6,9-11,13-15,29H,3-4,7-8,12H2,1-2H3,(H,26,28,30). The predicted octanol–water partition coefficient (Wildman–Crippen LogP) is 4.67. The van der Waals surface area contributed by atoms with Crippen LogP contribution in [0.5, 0.6) is 0 Å². The fourth-order valence-corrected chi connectivity index (χ4v) is 4.74. The van der Waals surface area contributed by atoms with Crippen LogP contribution in [-0.4, -0.2) is 55.3 Å². The van der Waals surface area contributed by atoms with Crippen LogP contribution < -0.4 is 5.32 Å². The van der Waals surface area contributed by atoms with E-state index in [0.29, 0.717) is 29.0 Å². The maximum absolute atomic E-state index is 12.9. The number of imidazole rings is 1. The van der Waals surface area contributed by atoms with E-state index in [1.807, 2.05) is 42.1 Å². The third-order valence-corrected chi connectivity index (χ3v) is 6.35. The molecule has 1 fully saturated rings. The van der Waals surface area contributed by atoms with Gasteiger partial charge in [0, 0.05) is 43.5 Å². The summed E-state index contributed by atoms with van der Waals surface area (Å²) >= 11 is 6.54. The van der Waals surface area contributed by atoms with Crippen molar-refractivity contribution in [3.63, 3.8) is 0 Å². The molecule has 9 heteroatoms. The molecule has 0 bridgehead atoms. The van der Waals surface area contributed by atoms with Crippen molar-refractivity contribution >= 4 is 39.9 Å². The highest BCUT2D eigenvalue weighted by Gasteiger charge is 2.22. The molecule has 8 nitrogen and oxygen atoms in total. The van der Waals surface area contributed by atoms with Crippen LogP contribution in [0.3, 0.4) is 0 Å². The molecular formula is C24H26ClN7O. The summed E-state index contributed by atoms with van der Waals surface area (Å²) in [5.41, 5.74) is 3.61. The van der Waals surface area contributed by atoms with Crippen molar-refractivity contribution in [2.24, 2.45) is 13.0 Å². The van der Waals surface area contributed by atoms with Gasteiger partial charge in [-0.15, -0.1) is 0 Å². The number of anilines is 2. The van der Waals surface area contributed by atoms with Crippen molar-refractivity contribution in [3.8, 4) is 11.4 Å². The molecule has 3 aromatic heterocycles. The van der Waals surface area contributed by atoms with Crippen molar-refractivity contribution in [1.82, 2.24) is 29.4 Å². The molecule has 5 rings (SSSR count). The first-order chi connectivity index (χ1) is 15.9. The Bertz CT molecular complexity index is 1310. The number of likely N-dealkylation sites (tertiary alicyclic amines) is 1. The second kappa shape index (κ2) is 8.96. The normalized spacial score (nSPS) is 16.9. The quantitative estimate of drug-likeness (QED) is 0.404. The average molecular weight is 464 g/mol. The largest absolute Gasteiger partial charge is 0.351 e. The fraction of sp³-hybridized carbons (Fsp3) is 0.333. The predicted molar refractivity (Wildman–Crippen MR) is 130 cm³/mol. The average Bonchev–Trinajstić information content (AvgIpc) is 3.41. The highest BCUT2D eigenvalue weighted by Crippen LogP contribution is 2.30. The lowest BCUT2D eigenvalue weighted by molar-refractivity contribution is 0.0926. The van der Waals surface area contributed by atoms with Gasteiger partial charge in [0.25, 0.3) is 0 Å². The summed E-state index contributed by atoms with van der Waals surface area (Å²) in [4.78, 5) is 31.6. The van der Waals surface area contributed by atoms with E-state index in [0.717, 1.165) is 53.9 Å². The van der Waals surface area contributed by atoms with Gasteiger partial charge in [-0.3, -0.25) is 4.79 Å². The minimum atomic E-state index is 0.128. The highest BCUT2D eigenvalue weighted by atomic mass is 35.5. The number of halogens is 1. The van der Waals surface area contributed by atoms with Crippen LogP contribution in [0, 0.1) is 5.92 Å². The molecule has 0 aliphatic carbocycles. The minimum Gasteiger partial charge on any atom is -0.351 e. The fourth-order valence-electron chi connectivity index (χ4n) is 4.47. The molecule has 1 aliphatic rings. The van der Waals surface area contributed by atoms with Crippen LogP contribution in [0.1, 0.15) is 29.8 Å². The lowest BCUT2D eigenvalue weighted by atomic mass is 9.92. The maximum Gasteiger partial charge on any atom is 0.227 e. The van der Waals surface area contributed by atoms with Gasteiger partial charge in [0.1, 0.15) is 5.69 Å². The number of ketones is 1. The first-order valence-corrected chi connectivity index (χ1v) is 11.4. The Morgan fingerprint density at radius 3 is 2.91 bits per heavy atom. The molecule has 1 atom stereocenters. The molecule has 0 radical (unpaired) electrons. The topological polar surface area (TPSA) is 91.7 Å². The van der Waals surface area contributed by atoms with Gasteiger partial charge in [0.05, 0.1) is 28.3 Å². The number of hydrogen-bond acceptors (Lipinski definition) is 6. The second-order valence-corrected chi connectivity index (χ2v) is 9.23. The number of Topliss-reactive ketones (excluding diaryl/α,β-unsaturated/α-hetero) is 1. The van der Waals surface area contributed by atoms with Gasteiger partial charge in [-0.2, -0.15) is 0 Å². The van der Waals surface area contributed by atoms with Gasteiger partial charge in [-0.1, -0.05) is 11.6 Å². The summed E-state index contributed by atoms with van der Waals surface area (Å²) in [6, 6.07) is 7.45. The zero-order chi connectivity index (χ0) is 22.9. The zero-order valence-electron chi connectivity index (χ0n) is 18.7. The summed E-state index contributed by atoms with van der Waals surface area (Å²) < 4.78 is 1.87. The molecule has 4 heterocycles. The van der Waals surface area contributed by atoms with Crippen molar-refractivity contribution in [3.05, 3.63) is 53.7 Å². The van der Waals surface area contributed by atoms with Gasteiger partial charge in [0.2, 0.25) is 5.95 Å². The van der Waals surface area contributed by atoms with Crippen LogP contribution in [0.15, 0.2) is 43.0 Å². The maximum atomic E-state index is 12.9. The van der Waals surface area contributed by atoms with Gasteiger partial charge in [0.15, 0.2) is 5.78 Å². The molecule has 1 aromatic carbocycles. The minimum absolute atomic E-state index is 0.128. The lowest BCUT2D eigenvalue weighted by Gasteiger charge is -2.29. The first kappa shape index (κ1) is 21.6. The zero-order valence-corrected chi connectivity index (χ0v) is 19.4. The molecule has 2 N–H and O–H groups in total. The molecular weight excluding hydrogens is 438 g/mol. The van der Waals surface area contributed by atoms with Crippen molar-refractivity contribution in [1.29, 1.82) is 0 Å². The van der Waals surface area contributed by atoms with Crippen LogP contribution in [0.2, 0.25) is 5.02 Å². The lowest BCUT2D eigenvalue weighted by Crippen LogP contribution is -2.33. The molecule has 4 aromatic rings. The van der Waals surface area contributed by atoms with E-state index < -0.39 is 0 Å². The van der Waals surface area contributed by atoms with E-state index in [4.69, 9.17) is 11.6 Å². The number of benzene rings is 1. The van der Waals surface area contributed by atoms with E-state index in [1.165, 1.54) is 0 Å². The number of nitrogens with one attached hydrogen (secondary N) is 2. The summed E-state index contributed by atoms with van der Waals surface area (Å²) in [5.74, 6) is 0.976. The number of aromatic amines is 1. The van der Waals surface area contributed by atoms with Gasteiger partial charge < -0.3 is 19.8 Å². The van der Waals surface area contributed by atoms with E-state index in [1.54, 1.807) is 12.5 Å². The molecule has 1 saturated heterocycles. The number of hydrogen-bond donors (Lipinski definition) is 2. The Kier molecular flexibility index (Phi) is 5.86. The second-order valence-electron chi connectivity index (χ2n) is 8.82. The Hall–Kier alpha value is -3.23. The van der Waals surface area contributed by atoms with Crippen molar-refractivity contribution in [2.45, 2.75) is 19.3 Å². The molecule has 1 aliphatic heterocycles. The molecule has 1 unspecified atom stereocenters. The smallest absolute Gasteiger partial charge is 0.227 e. The van der Waals surface area contributed by atoms with E-state index >= 15 is 0 Å². The summed E-state index contributed by atoms with van der Waals surface area (Å²) in [5, 5.41) is 4.62. The number of H-pyrrole nitrogens is 1. The summed E-state index contributed by atoms with van der Waals surface area (Å²) in [6.45, 7) is 2.08. The van der Waals surface area contributed by atoms with E-state index in [2.05, 4.69) is 37.2 Å². The Morgan fingerprint density at radius 2 is 2.12 bits per heavy atom. The molecule has 0 amide bonds. The highest BCUT2D eigenvalue weighted by molar-refractivity contribution is 6.35. The van der Waals surface area contributed by atoms with Gasteiger partial charge in [-0.05, 0) is 56.6 Å². The van der Waals surface area contributed by atoms with Crippen LogP contribution in [0.4, 0.5) is 11.6 Å². The van der Waals surface area contributed by atoms with Crippen molar-refractivity contribution < 1.29 is 4.79 Å². The molecule has 33 heavy (non-hydrogen) atoms. The van der Waals surface area contributed by atoms with Crippen LogP contribution in [0.25, 0.3) is 22.3 Å². The van der Waals surface area contributed by atoms with Crippen molar-refractivity contribution in [2.75, 3.05) is 25.5 Å². The number of piperidine rings is 1. The van der Waals surface area contributed by atoms with Gasteiger partial charge >= 0.3 is 0 Å². The monoisotopic (exact) mass is 463 g/mol. The molecule has 170 valence electrons. The Morgan fingerprint density at radius 1 is 1.24 bits per heavy atom. The number of fused-ring (bicyclic) bond motifs is 1. The number of carbonyl (C=O) groups excluding carboxylic acids is 1. The number of nitrogens with zero attached hydrogens (tertiary/aromatic N) is 5. The molecule has 0 saturated carbocycles. The number of carbonyl (C=O) groups is 1. The number of rotatable bonds is 6. The Balaban J connectivity index is 1.36. The molecule has 0 spiro atoms.